The number of amides is 2. The minimum atomic E-state index is -1.40. The van der Waals surface area contributed by atoms with Crippen LogP contribution in [0.5, 0.6) is 0 Å². The van der Waals surface area contributed by atoms with E-state index < -0.39 is 47.0 Å². The van der Waals surface area contributed by atoms with Crippen LogP contribution in [0, 0.1) is 17.7 Å². The molecule has 0 spiro atoms. The van der Waals surface area contributed by atoms with Crippen molar-refractivity contribution >= 4 is 23.5 Å². The van der Waals surface area contributed by atoms with Crippen LogP contribution >= 0.6 is 0 Å². The molecular formula is C24H25FN2O4. The Balaban J connectivity index is 1.88. The summed E-state index contributed by atoms with van der Waals surface area (Å²) in [5, 5.41) is 3.20. The van der Waals surface area contributed by atoms with E-state index in [1.54, 1.807) is 55.5 Å². The van der Waals surface area contributed by atoms with E-state index in [0.717, 1.165) is 4.90 Å². The van der Waals surface area contributed by atoms with Gasteiger partial charge in [-0.05, 0) is 31.5 Å². The molecule has 162 valence electrons. The average Bonchev–Trinajstić information content (AvgIpc) is 3.24. The largest absolute Gasteiger partial charge is 0.465 e. The molecule has 4 rings (SSSR count). The average molecular weight is 424 g/mol. The number of rotatable bonds is 6. The third-order valence-corrected chi connectivity index (χ3v) is 6.19. The maximum atomic E-state index is 14.8. The molecule has 31 heavy (non-hydrogen) atoms. The van der Waals surface area contributed by atoms with Gasteiger partial charge in [0.05, 0.1) is 24.1 Å². The highest BCUT2D eigenvalue weighted by Crippen LogP contribution is 2.51. The van der Waals surface area contributed by atoms with Gasteiger partial charge in [0.1, 0.15) is 11.4 Å². The van der Waals surface area contributed by atoms with Gasteiger partial charge in [-0.15, -0.1) is 0 Å². The lowest BCUT2D eigenvalue weighted by atomic mass is 9.77. The third kappa shape index (κ3) is 3.24. The number of esters is 1. The topological polar surface area (TPSA) is 75.7 Å². The number of para-hydroxylation sites is 1. The second-order valence-corrected chi connectivity index (χ2v) is 7.94. The predicted octanol–water partition coefficient (Wildman–Crippen LogP) is 3.38. The van der Waals surface area contributed by atoms with Crippen molar-refractivity contribution in [1.29, 1.82) is 0 Å². The zero-order chi connectivity index (χ0) is 22.2. The van der Waals surface area contributed by atoms with E-state index in [0.29, 0.717) is 18.5 Å². The Bertz CT molecular complexity index is 1010. The monoisotopic (exact) mass is 424 g/mol. The van der Waals surface area contributed by atoms with E-state index in [1.165, 1.54) is 6.07 Å². The Labute approximate surface area is 180 Å². The minimum Gasteiger partial charge on any atom is -0.465 e. The lowest BCUT2D eigenvalue weighted by Crippen LogP contribution is -2.56. The lowest BCUT2D eigenvalue weighted by molar-refractivity contribution is -0.155. The van der Waals surface area contributed by atoms with Crippen LogP contribution in [0.4, 0.5) is 10.1 Å². The van der Waals surface area contributed by atoms with Crippen LogP contribution in [-0.2, 0) is 19.1 Å². The predicted molar refractivity (Wildman–Crippen MR) is 112 cm³/mol. The molecule has 2 fully saturated rings. The second-order valence-electron chi connectivity index (χ2n) is 7.94. The molecule has 2 amide bonds. The SMILES string of the molecule is CCC[C@]1(C(=O)OCC)N[C@H](c2ccccc2F)[C@@H]2C(=O)N(c3ccccc3)C(=O)[C@@H]21. The van der Waals surface area contributed by atoms with Crippen molar-refractivity contribution in [2.45, 2.75) is 38.3 Å². The second kappa shape index (κ2) is 8.23. The number of anilines is 1. The number of carbonyl (C=O) groups excluding carboxylic acids is 3. The van der Waals surface area contributed by atoms with E-state index in [2.05, 4.69) is 5.32 Å². The number of carbonyl (C=O) groups is 3. The van der Waals surface area contributed by atoms with Gasteiger partial charge < -0.3 is 4.74 Å². The summed E-state index contributed by atoms with van der Waals surface area (Å²) in [5.41, 5.74) is -0.706. The first-order valence-electron chi connectivity index (χ1n) is 10.6. The summed E-state index contributed by atoms with van der Waals surface area (Å²) in [4.78, 5) is 41.5. The Morgan fingerprint density at radius 2 is 1.74 bits per heavy atom. The Morgan fingerprint density at radius 3 is 2.39 bits per heavy atom. The normalized spacial score (nSPS) is 27.5. The first kappa shape index (κ1) is 21.2. The van der Waals surface area contributed by atoms with Crippen LogP contribution in [0.1, 0.15) is 38.3 Å². The molecule has 2 saturated heterocycles. The van der Waals surface area contributed by atoms with Gasteiger partial charge >= 0.3 is 5.97 Å². The number of nitrogens with one attached hydrogen (secondary N) is 1. The van der Waals surface area contributed by atoms with E-state index >= 15 is 0 Å². The molecule has 0 aromatic heterocycles. The Kier molecular flexibility index (Phi) is 5.62. The zero-order valence-electron chi connectivity index (χ0n) is 17.5. The van der Waals surface area contributed by atoms with Gasteiger partial charge in [0.15, 0.2) is 0 Å². The number of imide groups is 1. The number of ether oxygens (including phenoxy) is 1. The third-order valence-electron chi connectivity index (χ3n) is 6.19. The summed E-state index contributed by atoms with van der Waals surface area (Å²) in [5.74, 6) is -3.88. The molecule has 2 aromatic rings. The number of fused-ring (bicyclic) bond motifs is 1. The molecule has 2 heterocycles. The fourth-order valence-corrected chi connectivity index (χ4v) is 5.00. The summed E-state index contributed by atoms with van der Waals surface area (Å²) < 4.78 is 20.1. The number of nitrogens with zero attached hydrogens (tertiary/aromatic N) is 1. The van der Waals surface area contributed by atoms with E-state index in [9.17, 15) is 18.8 Å². The molecule has 7 heteroatoms. The van der Waals surface area contributed by atoms with Gasteiger partial charge in [0, 0.05) is 11.6 Å². The quantitative estimate of drug-likeness (QED) is 0.568. The highest BCUT2D eigenvalue weighted by molar-refractivity contribution is 6.24. The molecule has 0 bridgehead atoms. The molecule has 2 aliphatic rings. The Morgan fingerprint density at radius 1 is 1.06 bits per heavy atom. The number of hydrogen-bond donors (Lipinski definition) is 1. The maximum Gasteiger partial charge on any atom is 0.327 e. The Hall–Kier alpha value is -3.06. The highest BCUT2D eigenvalue weighted by Gasteiger charge is 2.68. The fraction of sp³-hybridized carbons (Fsp3) is 0.375. The summed E-state index contributed by atoms with van der Waals surface area (Å²) in [6.45, 7) is 3.72. The number of halogens is 1. The molecule has 2 aromatic carbocycles. The molecule has 0 radical (unpaired) electrons. The first-order chi connectivity index (χ1) is 15.0. The van der Waals surface area contributed by atoms with Crippen LogP contribution < -0.4 is 10.2 Å². The van der Waals surface area contributed by atoms with Crippen LogP contribution in [0.2, 0.25) is 0 Å². The standard InChI is InChI=1S/C24H25FN2O4/c1-3-14-24(23(30)31-4-2)19-18(20(26-24)16-12-8-9-13-17(16)25)21(28)27(22(19)29)15-10-6-5-7-11-15/h5-13,18-20,26H,3-4,14H2,1-2H3/t18-,19-,20-,24+/m1/s1. The van der Waals surface area contributed by atoms with Crippen LogP contribution in [0.3, 0.4) is 0 Å². The van der Waals surface area contributed by atoms with Gasteiger partial charge in [-0.1, -0.05) is 49.7 Å². The molecular weight excluding hydrogens is 399 g/mol. The highest BCUT2D eigenvalue weighted by atomic mass is 19.1. The van der Waals surface area contributed by atoms with Crippen molar-refractivity contribution in [2.75, 3.05) is 11.5 Å². The molecule has 0 saturated carbocycles. The van der Waals surface area contributed by atoms with Crippen molar-refractivity contribution in [3.63, 3.8) is 0 Å². The van der Waals surface area contributed by atoms with E-state index in [-0.39, 0.29) is 12.2 Å². The first-order valence-corrected chi connectivity index (χ1v) is 10.6. The van der Waals surface area contributed by atoms with Crippen LogP contribution in [0.25, 0.3) is 0 Å². The van der Waals surface area contributed by atoms with Gasteiger partial charge in [0.25, 0.3) is 0 Å². The molecule has 1 N–H and O–H groups in total. The molecule has 0 aliphatic carbocycles. The van der Waals surface area contributed by atoms with Crippen LogP contribution in [-0.4, -0.2) is 29.9 Å². The van der Waals surface area contributed by atoms with E-state index in [4.69, 9.17) is 4.74 Å². The van der Waals surface area contributed by atoms with Crippen molar-refractivity contribution in [1.82, 2.24) is 5.32 Å². The molecule has 6 nitrogen and oxygen atoms in total. The van der Waals surface area contributed by atoms with Crippen molar-refractivity contribution in [2.24, 2.45) is 11.8 Å². The van der Waals surface area contributed by atoms with Crippen molar-refractivity contribution in [3.05, 3.63) is 66.0 Å². The maximum absolute atomic E-state index is 14.8. The zero-order valence-corrected chi connectivity index (χ0v) is 17.5. The van der Waals surface area contributed by atoms with Gasteiger partial charge in [-0.2, -0.15) is 0 Å². The fourth-order valence-electron chi connectivity index (χ4n) is 5.00. The number of benzene rings is 2. The smallest absolute Gasteiger partial charge is 0.327 e. The van der Waals surface area contributed by atoms with Gasteiger partial charge in [-0.3, -0.25) is 19.7 Å². The molecule has 2 aliphatic heterocycles. The van der Waals surface area contributed by atoms with Gasteiger partial charge in [-0.25, -0.2) is 9.29 Å². The van der Waals surface area contributed by atoms with Crippen molar-refractivity contribution in [3.8, 4) is 0 Å². The minimum absolute atomic E-state index is 0.137. The van der Waals surface area contributed by atoms with Gasteiger partial charge in [0.2, 0.25) is 11.8 Å². The van der Waals surface area contributed by atoms with Crippen LogP contribution in [0.15, 0.2) is 54.6 Å². The molecule has 0 unspecified atom stereocenters. The van der Waals surface area contributed by atoms with E-state index in [1.807, 2.05) is 6.92 Å². The summed E-state index contributed by atoms with van der Waals surface area (Å²) in [7, 11) is 0. The number of hydrogen-bond acceptors (Lipinski definition) is 5. The summed E-state index contributed by atoms with van der Waals surface area (Å²) in [6, 6.07) is 13.9. The summed E-state index contributed by atoms with van der Waals surface area (Å²) >= 11 is 0. The molecule has 4 atom stereocenters. The van der Waals surface area contributed by atoms with Crippen molar-refractivity contribution < 1.29 is 23.5 Å². The lowest BCUT2D eigenvalue weighted by Gasteiger charge is -2.32. The summed E-state index contributed by atoms with van der Waals surface area (Å²) in [6.07, 6.45) is 0.867.